The maximum atomic E-state index is 13.0. The van der Waals surface area contributed by atoms with Crippen LogP contribution in [-0.4, -0.2) is 36.3 Å². The first-order valence-electron chi connectivity index (χ1n) is 7.11. The van der Waals surface area contributed by atoms with Gasteiger partial charge in [-0.2, -0.15) is 0 Å². The summed E-state index contributed by atoms with van der Waals surface area (Å²) in [6.07, 6.45) is 2.15. The summed E-state index contributed by atoms with van der Waals surface area (Å²) in [7, 11) is 1.53. The van der Waals surface area contributed by atoms with Crippen molar-refractivity contribution in [2.24, 2.45) is 11.7 Å². The molecule has 5 nitrogen and oxygen atoms in total. The van der Waals surface area contributed by atoms with Crippen molar-refractivity contribution in [1.82, 2.24) is 4.90 Å². The summed E-state index contributed by atoms with van der Waals surface area (Å²) in [6.45, 7) is -0.178. The van der Waals surface area contributed by atoms with Crippen molar-refractivity contribution in [1.29, 1.82) is 0 Å². The molecule has 0 aromatic heterocycles. The second-order valence-corrected chi connectivity index (χ2v) is 5.67. The molecule has 2 rings (SSSR count). The van der Waals surface area contributed by atoms with Gasteiger partial charge in [0.15, 0.2) is 0 Å². The van der Waals surface area contributed by atoms with Crippen LogP contribution in [0.5, 0.6) is 0 Å². The summed E-state index contributed by atoms with van der Waals surface area (Å²) in [5.74, 6) is -2.35. The minimum atomic E-state index is -0.778. The number of hydrogen-bond donors (Lipinski definition) is 2. The fraction of sp³-hybridized carbons (Fsp3) is 0.467. The lowest BCUT2D eigenvalue weighted by Crippen LogP contribution is -2.38. The molecule has 2 unspecified atom stereocenters. The Morgan fingerprint density at radius 3 is 2.45 bits per heavy atom. The lowest BCUT2D eigenvalue weighted by molar-refractivity contribution is -0.136. The topological polar surface area (TPSA) is 75.4 Å². The number of nitrogens with two attached hydrogens (primary N) is 1. The third-order valence-electron chi connectivity index (χ3n) is 3.73. The minimum absolute atomic E-state index is 0.0197. The van der Waals surface area contributed by atoms with Gasteiger partial charge in [0.1, 0.15) is 11.6 Å². The highest BCUT2D eigenvalue weighted by Crippen LogP contribution is 2.25. The second-order valence-electron chi connectivity index (χ2n) is 5.67. The third-order valence-corrected chi connectivity index (χ3v) is 3.73. The normalized spacial score (nSPS) is 20.7. The Hall–Kier alpha value is -2.02. The van der Waals surface area contributed by atoms with Gasteiger partial charge in [0, 0.05) is 30.8 Å². The summed E-state index contributed by atoms with van der Waals surface area (Å²) in [4.78, 5) is 25.3. The van der Waals surface area contributed by atoms with E-state index >= 15 is 0 Å². The van der Waals surface area contributed by atoms with Gasteiger partial charge < -0.3 is 16.0 Å². The molecular formula is C15H19F2N3O2. The maximum Gasteiger partial charge on any atom is 0.243 e. The number of likely N-dealkylation sites (N-methyl/N-ethyl adjacent to an activating group) is 1. The molecule has 3 N–H and O–H groups in total. The first-order valence-corrected chi connectivity index (χ1v) is 7.11. The van der Waals surface area contributed by atoms with E-state index in [4.69, 9.17) is 5.73 Å². The number of benzene rings is 1. The van der Waals surface area contributed by atoms with Crippen molar-refractivity contribution in [3.05, 3.63) is 29.8 Å². The molecule has 0 saturated heterocycles. The Labute approximate surface area is 127 Å². The van der Waals surface area contributed by atoms with E-state index in [9.17, 15) is 18.4 Å². The zero-order valence-corrected chi connectivity index (χ0v) is 12.3. The smallest absolute Gasteiger partial charge is 0.243 e. The summed E-state index contributed by atoms with van der Waals surface area (Å²) in [5.41, 5.74) is 5.79. The van der Waals surface area contributed by atoms with Crippen LogP contribution in [0.15, 0.2) is 18.2 Å². The molecule has 2 amide bonds. The van der Waals surface area contributed by atoms with Crippen molar-refractivity contribution >= 4 is 17.5 Å². The summed E-state index contributed by atoms with van der Waals surface area (Å²) >= 11 is 0. The number of halogens is 2. The van der Waals surface area contributed by atoms with Crippen LogP contribution in [0, 0.1) is 17.6 Å². The largest absolute Gasteiger partial charge is 0.336 e. The Morgan fingerprint density at radius 1 is 1.27 bits per heavy atom. The molecule has 1 aromatic rings. The third kappa shape index (κ3) is 4.24. The molecule has 120 valence electrons. The minimum Gasteiger partial charge on any atom is -0.336 e. The van der Waals surface area contributed by atoms with E-state index in [2.05, 4.69) is 5.32 Å². The number of amides is 2. The lowest BCUT2D eigenvalue weighted by atomic mass is 10.1. The molecule has 0 spiro atoms. The van der Waals surface area contributed by atoms with Crippen LogP contribution in [-0.2, 0) is 9.59 Å². The predicted octanol–water partition coefficient (Wildman–Crippen LogP) is 1.49. The second kappa shape index (κ2) is 6.83. The fourth-order valence-electron chi connectivity index (χ4n) is 2.67. The number of carbonyl (C=O) groups excluding carboxylic acids is 2. The molecule has 1 aliphatic carbocycles. The molecule has 0 radical (unpaired) electrons. The molecule has 0 aliphatic heterocycles. The van der Waals surface area contributed by atoms with E-state index in [-0.39, 0.29) is 30.1 Å². The zero-order valence-electron chi connectivity index (χ0n) is 12.3. The number of anilines is 1. The Bertz CT molecular complexity index is 560. The number of rotatable bonds is 4. The van der Waals surface area contributed by atoms with E-state index in [1.165, 1.54) is 11.9 Å². The number of nitrogens with zero attached hydrogens (tertiary/aromatic N) is 1. The summed E-state index contributed by atoms with van der Waals surface area (Å²) in [5, 5.41) is 2.37. The fourth-order valence-corrected chi connectivity index (χ4v) is 2.67. The predicted molar refractivity (Wildman–Crippen MR) is 77.9 cm³/mol. The van der Waals surface area contributed by atoms with Crippen LogP contribution in [0.1, 0.15) is 19.3 Å². The quantitative estimate of drug-likeness (QED) is 0.884. The number of nitrogens with one attached hydrogen (secondary N) is 1. The van der Waals surface area contributed by atoms with Crippen molar-refractivity contribution in [3.63, 3.8) is 0 Å². The van der Waals surface area contributed by atoms with Crippen molar-refractivity contribution in [2.75, 3.05) is 18.9 Å². The van der Waals surface area contributed by atoms with E-state index in [1.54, 1.807) is 0 Å². The van der Waals surface area contributed by atoms with Crippen molar-refractivity contribution in [3.8, 4) is 0 Å². The van der Waals surface area contributed by atoms with E-state index in [0.717, 1.165) is 25.0 Å². The van der Waals surface area contributed by atoms with Gasteiger partial charge in [0.05, 0.1) is 6.54 Å². The molecule has 7 heteroatoms. The first-order chi connectivity index (χ1) is 10.3. The highest BCUT2D eigenvalue weighted by Gasteiger charge is 2.30. The van der Waals surface area contributed by atoms with E-state index < -0.39 is 17.5 Å². The Balaban J connectivity index is 1.89. The Morgan fingerprint density at radius 2 is 1.91 bits per heavy atom. The molecular weight excluding hydrogens is 292 g/mol. The Kier molecular flexibility index (Phi) is 5.07. The molecule has 1 fully saturated rings. The molecule has 0 bridgehead atoms. The van der Waals surface area contributed by atoms with Crippen LogP contribution in [0.3, 0.4) is 0 Å². The summed E-state index contributed by atoms with van der Waals surface area (Å²) < 4.78 is 26.1. The monoisotopic (exact) mass is 311 g/mol. The molecule has 1 aliphatic rings. The number of hydrogen-bond acceptors (Lipinski definition) is 3. The van der Waals surface area contributed by atoms with Gasteiger partial charge in [-0.3, -0.25) is 9.59 Å². The SMILES string of the molecule is CN(CC(=O)Nc1cc(F)cc(F)c1)C(=O)C1CCC(N)C1. The van der Waals surface area contributed by atoms with Crippen LogP contribution in [0.25, 0.3) is 0 Å². The van der Waals surface area contributed by atoms with Gasteiger partial charge in [-0.25, -0.2) is 8.78 Å². The standard InChI is InChI=1S/C15H19F2N3O2/c1-20(15(22)9-2-3-12(18)4-9)8-14(21)19-13-6-10(16)5-11(17)7-13/h5-7,9,12H,2-4,8,18H2,1H3,(H,19,21). The number of carbonyl (C=O) groups is 2. The zero-order chi connectivity index (χ0) is 16.3. The van der Waals surface area contributed by atoms with Crippen LogP contribution in [0.4, 0.5) is 14.5 Å². The van der Waals surface area contributed by atoms with Gasteiger partial charge in [0.2, 0.25) is 11.8 Å². The van der Waals surface area contributed by atoms with Crippen LogP contribution >= 0.6 is 0 Å². The van der Waals surface area contributed by atoms with Gasteiger partial charge in [-0.1, -0.05) is 0 Å². The average molecular weight is 311 g/mol. The highest BCUT2D eigenvalue weighted by atomic mass is 19.1. The molecule has 1 saturated carbocycles. The van der Waals surface area contributed by atoms with E-state index in [1.807, 2.05) is 0 Å². The van der Waals surface area contributed by atoms with Gasteiger partial charge in [0.25, 0.3) is 0 Å². The summed E-state index contributed by atoms with van der Waals surface area (Å²) in [6, 6.07) is 2.78. The highest BCUT2D eigenvalue weighted by molar-refractivity contribution is 5.94. The lowest BCUT2D eigenvalue weighted by Gasteiger charge is -2.20. The first kappa shape index (κ1) is 16.4. The molecule has 22 heavy (non-hydrogen) atoms. The van der Waals surface area contributed by atoms with Crippen LogP contribution in [0.2, 0.25) is 0 Å². The molecule has 2 atom stereocenters. The molecule has 0 heterocycles. The maximum absolute atomic E-state index is 13.0. The van der Waals surface area contributed by atoms with Gasteiger partial charge >= 0.3 is 0 Å². The van der Waals surface area contributed by atoms with Gasteiger partial charge in [-0.15, -0.1) is 0 Å². The average Bonchev–Trinajstić information content (AvgIpc) is 2.82. The molecule has 1 aromatic carbocycles. The van der Waals surface area contributed by atoms with Crippen molar-refractivity contribution in [2.45, 2.75) is 25.3 Å². The van der Waals surface area contributed by atoms with E-state index in [0.29, 0.717) is 12.5 Å². The van der Waals surface area contributed by atoms with Crippen molar-refractivity contribution < 1.29 is 18.4 Å². The van der Waals surface area contributed by atoms with Gasteiger partial charge in [-0.05, 0) is 31.4 Å². The van der Waals surface area contributed by atoms with Crippen LogP contribution < -0.4 is 11.1 Å².